The number of likely N-dealkylation sites (N-methyl/N-ethyl adjacent to an activating group) is 1. The van der Waals surface area contributed by atoms with Gasteiger partial charge in [0.25, 0.3) is 5.91 Å². The molecule has 23 heavy (non-hydrogen) atoms. The molecule has 0 aliphatic carbocycles. The quantitative estimate of drug-likeness (QED) is 0.643. The lowest BCUT2D eigenvalue weighted by Crippen LogP contribution is -2.36. The van der Waals surface area contributed by atoms with Gasteiger partial charge in [0.2, 0.25) is 0 Å². The zero-order valence-electron chi connectivity index (χ0n) is 14.1. The van der Waals surface area contributed by atoms with Crippen molar-refractivity contribution in [3.8, 4) is 5.75 Å². The number of nitrogens with zero attached hydrogens (tertiary/aromatic N) is 1. The Labute approximate surface area is 146 Å². The Kier molecular flexibility index (Phi) is 8.09. The Bertz CT molecular complexity index is 547. The first-order chi connectivity index (χ1) is 10.9. The van der Waals surface area contributed by atoms with Crippen LogP contribution in [0.1, 0.15) is 38.7 Å². The first kappa shape index (κ1) is 19.5. The molecule has 128 valence electrons. The van der Waals surface area contributed by atoms with Crippen LogP contribution in [0.25, 0.3) is 0 Å². The standard InChI is InChI=1S/C17H24BrNO4/c1-5-12(3)13-7-8-15(14(18)9-13)23-11-16(20)19(4)10-17(21)22-6-2/h7-9,12H,5-6,10-11H2,1-4H3. The Hall–Kier alpha value is -1.56. The van der Waals surface area contributed by atoms with Crippen LogP contribution >= 0.6 is 15.9 Å². The van der Waals surface area contributed by atoms with Gasteiger partial charge in [-0.2, -0.15) is 0 Å². The Morgan fingerprint density at radius 1 is 1.30 bits per heavy atom. The lowest BCUT2D eigenvalue weighted by Gasteiger charge is -2.17. The van der Waals surface area contributed by atoms with Crippen LogP contribution in [-0.4, -0.2) is 43.6 Å². The smallest absolute Gasteiger partial charge is 0.325 e. The lowest BCUT2D eigenvalue weighted by molar-refractivity contribution is -0.148. The third-order valence-corrected chi connectivity index (χ3v) is 4.21. The zero-order chi connectivity index (χ0) is 17.4. The van der Waals surface area contributed by atoms with Crippen LogP contribution < -0.4 is 4.74 Å². The van der Waals surface area contributed by atoms with Crippen molar-refractivity contribution in [1.29, 1.82) is 0 Å². The van der Waals surface area contributed by atoms with Crippen molar-refractivity contribution in [3.05, 3.63) is 28.2 Å². The van der Waals surface area contributed by atoms with Crippen molar-refractivity contribution in [2.45, 2.75) is 33.1 Å². The monoisotopic (exact) mass is 385 g/mol. The molecule has 0 heterocycles. The number of hydrogen-bond acceptors (Lipinski definition) is 4. The van der Waals surface area contributed by atoms with Crippen molar-refractivity contribution in [3.63, 3.8) is 0 Å². The van der Waals surface area contributed by atoms with E-state index in [1.165, 1.54) is 10.5 Å². The second kappa shape index (κ2) is 9.55. The topological polar surface area (TPSA) is 55.8 Å². The van der Waals surface area contributed by atoms with Crippen LogP contribution in [0.3, 0.4) is 0 Å². The van der Waals surface area contributed by atoms with Crippen LogP contribution in [0.5, 0.6) is 5.75 Å². The average molecular weight is 386 g/mol. The van der Waals surface area contributed by atoms with E-state index in [1.807, 2.05) is 18.2 Å². The van der Waals surface area contributed by atoms with E-state index in [-0.39, 0.29) is 19.1 Å². The summed E-state index contributed by atoms with van der Waals surface area (Å²) >= 11 is 3.47. The third-order valence-electron chi connectivity index (χ3n) is 3.59. The van der Waals surface area contributed by atoms with Gasteiger partial charge in [0.15, 0.2) is 6.61 Å². The highest BCUT2D eigenvalue weighted by atomic mass is 79.9. The Morgan fingerprint density at radius 2 is 2.00 bits per heavy atom. The summed E-state index contributed by atoms with van der Waals surface area (Å²) in [5.41, 5.74) is 1.22. The van der Waals surface area contributed by atoms with Crippen molar-refractivity contribution in [2.75, 3.05) is 26.8 Å². The largest absolute Gasteiger partial charge is 0.483 e. The number of ether oxygens (including phenoxy) is 2. The predicted molar refractivity (Wildman–Crippen MR) is 92.6 cm³/mol. The first-order valence-electron chi connectivity index (χ1n) is 7.70. The Morgan fingerprint density at radius 3 is 2.57 bits per heavy atom. The molecule has 0 N–H and O–H groups in total. The highest BCUT2D eigenvalue weighted by Gasteiger charge is 2.15. The van der Waals surface area contributed by atoms with Gasteiger partial charge >= 0.3 is 5.97 Å². The van der Waals surface area contributed by atoms with Gasteiger partial charge in [-0.15, -0.1) is 0 Å². The molecule has 1 amide bonds. The molecular weight excluding hydrogens is 362 g/mol. The van der Waals surface area contributed by atoms with Gasteiger partial charge in [-0.05, 0) is 52.9 Å². The molecule has 6 heteroatoms. The van der Waals surface area contributed by atoms with Gasteiger partial charge in [-0.25, -0.2) is 0 Å². The molecule has 1 aromatic rings. The normalized spacial score (nSPS) is 11.7. The van der Waals surface area contributed by atoms with Crippen molar-refractivity contribution >= 4 is 27.8 Å². The van der Waals surface area contributed by atoms with Gasteiger partial charge in [0, 0.05) is 7.05 Å². The summed E-state index contributed by atoms with van der Waals surface area (Å²) in [6.45, 7) is 6.12. The fourth-order valence-electron chi connectivity index (χ4n) is 1.91. The maximum absolute atomic E-state index is 12.0. The maximum atomic E-state index is 12.0. The molecular formula is C17H24BrNO4. The minimum Gasteiger partial charge on any atom is -0.483 e. The third kappa shape index (κ3) is 6.22. The highest BCUT2D eigenvalue weighted by Crippen LogP contribution is 2.30. The number of esters is 1. The van der Waals surface area contributed by atoms with Crippen molar-refractivity contribution < 1.29 is 19.1 Å². The molecule has 0 saturated heterocycles. The molecule has 0 saturated carbocycles. The molecule has 1 unspecified atom stereocenters. The van der Waals surface area contributed by atoms with E-state index in [4.69, 9.17) is 9.47 Å². The van der Waals surface area contributed by atoms with E-state index in [0.29, 0.717) is 18.3 Å². The fourth-order valence-corrected chi connectivity index (χ4v) is 2.43. The summed E-state index contributed by atoms with van der Waals surface area (Å²) in [6.07, 6.45) is 1.06. The van der Waals surface area contributed by atoms with Gasteiger partial charge in [0.1, 0.15) is 12.3 Å². The number of halogens is 1. The van der Waals surface area contributed by atoms with Gasteiger partial charge in [-0.3, -0.25) is 9.59 Å². The molecule has 0 spiro atoms. The average Bonchev–Trinajstić information content (AvgIpc) is 2.52. The fraction of sp³-hybridized carbons (Fsp3) is 0.529. The molecule has 0 fully saturated rings. The van der Waals surface area contributed by atoms with Gasteiger partial charge in [0.05, 0.1) is 11.1 Å². The summed E-state index contributed by atoms with van der Waals surface area (Å²) in [6, 6.07) is 5.86. The van der Waals surface area contributed by atoms with E-state index in [1.54, 1.807) is 14.0 Å². The zero-order valence-corrected chi connectivity index (χ0v) is 15.7. The minimum atomic E-state index is -0.428. The molecule has 0 radical (unpaired) electrons. The molecule has 0 bridgehead atoms. The van der Waals surface area contributed by atoms with E-state index in [2.05, 4.69) is 29.8 Å². The second-order valence-corrected chi connectivity index (χ2v) is 6.20. The molecule has 1 aromatic carbocycles. The van der Waals surface area contributed by atoms with Crippen LogP contribution in [-0.2, 0) is 14.3 Å². The summed E-state index contributed by atoms with van der Waals surface area (Å²) in [5, 5.41) is 0. The number of amides is 1. The molecule has 0 aromatic heterocycles. The second-order valence-electron chi connectivity index (χ2n) is 5.34. The van der Waals surface area contributed by atoms with E-state index >= 15 is 0 Å². The van der Waals surface area contributed by atoms with Gasteiger partial charge in [-0.1, -0.05) is 19.9 Å². The maximum Gasteiger partial charge on any atom is 0.325 e. The van der Waals surface area contributed by atoms with Crippen LogP contribution in [0, 0.1) is 0 Å². The van der Waals surface area contributed by atoms with Gasteiger partial charge < -0.3 is 14.4 Å². The predicted octanol–water partition coefficient (Wildman–Crippen LogP) is 3.36. The molecule has 0 aliphatic rings. The molecule has 1 atom stereocenters. The van der Waals surface area contributed by atoms with Crippen LogP contribution in [0.15, 0.2) is 22.7 Å². The number of carbonyl (C=O) groups excluding carboxylic acids is 2. The van der Waals surface area contributed by atoms with E-state index in [9.17, 15) is 9.59 Å². The number of rotatable bonds is 8. The Balaban J connectivity index is 2.57. The number of carbonyl (C=O) groups is 2. The molecule has 0 aliphatic heterocycles. The lowest BCUT2D eigenvalue weighted by atomic mass is 9.99. The summed E-state index contributed by atoms with van der Waals surface area (Å²) in [4.78, 5) is 24.6. The first-order valence-corrected chi connectivity index (χ1v) is 8.50. The highest BCUT2D eigenvalue weighted by molar-refractivity contribution is 9.10. The van der Waals surface area contributed by atoms with E-state index in [0.717, 1.165) is 10.9 Å². The molecule has 5 nitrogen and oxygen atoms in total. The van der Waals surface area contributed by atoms with Crippen LogP contribution in [0.2, 0.25) is 0 Å². The van der Waals surface area contributed by atoms with Crippen molar-refractivity contribution in [2.24, 2.45) is 0 Å². The molecule has 1 rings (SSSR count). The van der Waals surface area contributed by atoms with Crippen molar-refractivity contribution in [1.82, 2.24) is 4.90 Å². The summed E-state index contributed by atoms with van der Waals surface area (Å²) in [5.74, 6) is 0.367. The van der Waals surface area contributed by atoms with Crippen LogP contribution in [0.4, 0.5) is 0 Å². The number of benzene rings is 1. The summed E-state index contributed by atoms with van der Waals surface area (Å²) in [7, 11) is 1.55. The summed E-state index contributed by atoms with van der Waals surface area (Å²) < 4.78 is 11.2. The minimum absolute atomic E-state index is 0.0792. The SMILES string of the molecule is CCOC(=O)CN(C)C(=O)COc1ccc(C(C)CC)cc1Br. The van der Waals surface area contributed by atoms with E-state index < -0.39 is 5.97 Å². The number of hydrogen-bond donors (Lipinski definition) is 0.